The van der Waals surface area contributed by atoms with Gasteiger partial charge >= 0.3 is 0 Å². The summed E-state index contributed by atoms with van der Waals surface area (Å²) < 4.78 is 5.21. The smallest absolute Gasteiger partial charge is 0.294 e. The number of halogens is 1. The number of hydrogen-bond donors (Lipinski definition) is 2. The fourth-order valence-corrected chi connectivity index (χ4v) is 2.19. The van der Waals surface area contributed by atoms with Crippen molar-refractivity contribution in [1.82, 2.24) is 0 Å². The minimum Gasteiger partial charge on any atom is -0.370 e. The van der Waals surface area contributed by atoms with Crippen LogP contribution in [0.5, 0.6) is 0 Å². The third-order valence-electron chi connectivity index (χ3n) is 3.04. The van der Waals surface area contributed by atoms with Crippen LogP contribution in [0.25, 0.3) is 0 Å². The van der Waals surface area contributed by atoms with Gasteiger partial charge in [-0.05, 0) is 12.1 Å². The number of carbonyl (C=O) groups is 1. The fourth-order valence-electron chi connectivity index (χ4n) is 2.02. The van der Waals surface area contributed by atoms with Crippen LogP contribution in [0.3, 0.4) is 0 Å². The predicted molar refractivity (Wildman–Crippen MR) is 73.1 cm³/mol. The van der Waals surface area contributed by atoms with Crippen LogP contribution in [0, 0.1) is 10.1 Å². The lowest BCUT2D eigenvalue weighted by Crippen LogP contribution is -3.15. The van der Waals surface area contributed by atoms with E-state index >= 15 is 0 Å². The maximum atomic E-state index is 11.9. The maximum absolute atomic E-state index is 11.9. The first-order valence-electron chi connectivity index (χ1n) is 6.21. The summed E-state index contributed by atoms with van der Waals surface area (Å²) in [6, 6.07) is 4.16. The van der Waals surface area contributed by atoms with E-state index in [0.717, 1.165) is 18.0 Å². The number of ether oxygens (including phenoxy) is 1. The van der Waals surface area contributed by atoms with Gasteiger partial charge in [-0.3, -0.25) is 14.9 Å². The van der Waals surface area contributed by atoms with Crippen molar-refractivity contribution in [3.8, 4) is 0 Å². The van der Waals surface area contributed by atoms with E-state index in [4.69, 9.17) is 16.3 Å². The first-order chi connectivity index (χ1) is 9.56. The highest BCUT2D eigenvalue weighted by Gasteiger charge is 2.21. The molecule has 8 heteroatoms. The molecule has 0 unspecified atom stereocenters. The monoisotopic (exact) mass is 300 g/mol. The Hall–Kier alpha value is -1.70. The van der Waals surface area contributed by atoms with Crippen molar-refractivity contribution in [3.05, 3.63) is 33.3 Å². The van der Waals surface area contributed by atoms with Crippen molar-refractivity contribution in [2.45, 2.75) is 0 Å². The molecule has 0 saturated carbocycles. The molecular weight excluding hydrogens is 286 g/mol. The summed E-state index contributed by atoms with van der Waals surface area (Å²) in [5.41, 5.74) is -0.0418. The lowest BCUT2D eigenvalue weighted by Gasteiger charge is -2.23. The van der Waals surface area contributed by atoms with E-state index in [1.54, 1.807) is 0 Å². The molecule has 1 fully saturated rings. The van der Waals surface area contributed by atoms with Crippen LogP contribution in [-0.2, 0) is 9.53 Å². The van der Waals surface area contributed by atoms with Crippen molar-refractivity contribution in [3.63, 3.8) is 0 Å². The number of hydrogen-bond acceptors (Lipinski definition) is 4. The van der Waals surface area contributed by atoms with Gasteiger partial charge in [-0.1, -0.05) is 11.6 Å². The summed E-state index contributed by atoms with van der Waals surface area (Å²) in [7, 11) is 0. The zero-order chi connectivity index (χ0) is 14.5. The van der Waals surface area contributed by atoms with Gasteiger partial charge < -0.3 is 15.0 Å². The molecule has 20 heavy (non-hydrogen) atoms. The second-order valence-electron chi connectivity index (χ2n) is 4.51. The molecule has 1 aliphatic heterocycles. The highest BCUT2D eigenvalue weighted by molar-refractivity contribution is 6.31. The summed E-state index contributed by atoms with van der Waals surface area (Å²) in [6.07, 6.45) is 0. The number of quaternary nitrogens is 1. The van der Waals surface area contributed by atoms with Crippen LogP contribution in [0.1, 0.15) is 0 Å². The van der Waals surface area contributed by atoms with Gasteiger partial charge in [0, 0.05) is 11.1 Å². The van der Waals surface area contributed by atoms with Crippen molar-refractivity contribution in [2.75, 3.05) is 38.2 Å². The third-order valence-corrected chi connectivity index (χ3v) is 3.28. The van der Waals surface area contributed by atoms with Gasteiger partial charge in [0.1, 0.15) is 18.8 Å². The minimum absolute atomic E-state index is 0.164. The molecule has 0 bridgehead atoms. The molecule has 1 aromatic rings. The molecule has 7 nitrogen and oxygen atoms in total. The molecule has 0 radical (unpaired) electrons. The van der Waals surface area contributed by atoms with Gasteiger partial charge in [0.2, 0.25) is 0 Å². The summed E-state index contributed by atoms with van der Waals surface area (Å²) in [5.74, 6) is -0.257. The zero-order valence-corrected chi connectivity index (χ0v) is 11.5. The van der Waals surface area contributed by atoms with E-state index in [-0.39, 0.29) is 28.8 Å². The maximum Gasteiger partial charge on any atom is 0.294 e. The molecule has 1 aliphatic rings. The van der Waals surface area contributed by atoms with Gasteiger partial charge in [-0.2, -0.15) is 0 Å². The number of rotatable bonds is 4. The Morgan fingerprint density at radius 1 is 1.45 bits per heavy atom. The average Bonchev–Trinajstić information content (AvgIpc) is 2.41. The molecule has 1 amide bonds. The molecule has 2 N–H and O–H groups in total. The number of nitro benzene ring substituents is 1. The topological polar surface area (TPSA) is 85.9 Å². The normalized spacial score (nSPS) is 15.8. The molecule has 1 aromatic carbocycles. The summed E-state index contributed by atoms with van der Waals surface area (Å²) >= 11 is 5.72. The van der Waals surface area contributed by atoms with Crippen LogP contribution in [-0.4, -0.2) is 43.7 Å². The van der Waals surface area contributed by atoms with Crippen LogP contribution >= 0.6 is 11.6 Å². The Morgan fingerprint density at radius 3 is 2.80 bits per heavy atom. The first-order valence-corrected chi connectivity index (χ1v) is 6.59. The number of anilines is 1. The molecule has 0 atom stereocenters. The van der Waals surface area contributed by atoms with Crippen molar-refractivity contribution >= 4 is 28.9 Å². The molecule has 108 valence electrons. The lowest BCUT2D eigenvalue weighted by molar-refractivity contribution is -0.899. The largest absolute Gasteiger partial charge is 0.370 e. The molecular formula is C12H15ClN3O4+. The van der Waals surface area contributed by atoms with Crippen LogP contribution in [0.2, 0.25) is 5.02 Å². The summed E-state index contributed by atoms with van der Waals surface area (Å²) in [5, 5.41) is 13.7. The van der Waals surface area contributed by atoms with E-state index in [1.807, 2.05) is 0 Å². The Balaban J connectivity index is 2.01. The van der Waals surface area contributed by atoms with E-state index in [2.05, 4.69) is 5.32 Å². The van der Waals surface area contributed by atoms with Gasteiger partial charge in [0.05, 0.1) is 18.1 Å². The van der Waals surface area contributed by atoms with E-state index in [9.17, 15) is 14.9 Å². The summed E-state index contributed by atoms with van der Waals surface area (Å²) in [6.45, 7) is 3.04. The van der Waals surface area contributed by atoms with Crippen molar-refractivity contribution in [1.29, 1.82) is 0 Å². The number of benzene rings is 1. The quantitative estimate of drug-likeness (QED) is 0.610. The minimum atomic E-state index is -0.566. The fraction of sp³-hybridized carbons (Fsp3) is 0.417. The highest BCUT2D eigenvalue weighted by atomic mass is 35.5. The van der Waals surface area contributed by atoms with E-state index < -0.39 is 4.92 Å². The van der Waals surface area contributed by atoms with E-state index in [1.165, 1.54) is 18.2 Å². The van der Waals surface area contributed by atoms with Crippen molar-refractivity contribution < 1.29 is 19.4 Å². The van der Waals surface area contributed by atoms with Crippen LogP contribution < -0.4 is 10.2 Å². The second-order valence-corrected chi connectivity index (χ2v) is 4.94. The third kappa shape index (κ3) is 3.89. The molecule has 1 heterocycles. The number of nitro groups is 1. The van der Waals surface area contributed by atoms with Crippen LogP contribution in [0.4, 0.5) is 11.4 Å². The van der Waals surface area contributed by atoms with Gasteiger partial charge in [0.25, 0.3) is 11.6 Å². The number of amides is 1. The lowest BCUT2D eigenvalue weighted by atomic mass is 10.2. The number of morpholine rings is 1. The standard InChI is InChI=1S/C12H14ClN3O4/c13-9-1-2-10(11(7-9)16(18)19)14-12(17)8-15-3-5-20-6-4-15/h1-2,7H,3-6,8H2,(H,14,17)/p+1. The molecule has 0 aromatic heterocycles. The van der Waals surface area contributed by atoms with Crippen LogP contribution in [0.15, 0.2) is 18.2 Å². The molecule has 2 rings (SSSR count). The number of nitrogens with one attached hydrogen (secondary N) is 2. The average molecular weight is 301 g/mol. The predicted octanol–water partition coefficient (Wildman–Crippen LogP) is 0.102. The van der Waals surface area contributed by atoms with Gasteiger partial charge in [-0.15, -0.1) is 0 Å². The number of nitrogens with zero attached hydrogens (tertiary/aromatic N) is 1. The molecule has 0 spiro atoms. The van der Waals surface area contributed by atoms with E-state index in [0.29, 0.717) is 13.2 Å². The van der Waals surface area contributed by atoms with Gasteiger partial charge in [0.15, 0.2) is 6.54 Å². The first kappa shape index (κ1) is 14.7. The van der Waals surface area contributed by atoms with Gasteiger partial charge in [-0.25, -0.2) is 0 Å². The van der Waals surface area contributed by atoms with Crippen molar-refractivity contribution in [2.24, 2.45) is 0 Å². The Morgan fingerprint density at radius 2 is 2.15 bits per heavy atom. The Labute approximate surface area is 120 Å². The molecule has 0 aliphatic carbocycles. The Kier molecular flexibility index (Phi) is 4.89. The molecule has 1 saturated heterocycles. The highest BCUT2D eigenvalue weighted by Crippen LogP contribution is 2.27. The zero-order valence-electron chi connectivity index (χ0n) is 10.7. The summed E-state index contributed by atoms with van der Waals surface area (Å²) in [4.78, 5) is 23.4. The second kappa shape index (κ2) is 6.65. The SMILES string of the molecule is O=C(C[NH+]1CCOCC1)Nc1ccc(Cl)cc1[N+](=O)[O-]. The Bertz CT molecular complexity index is 517. The number of carbonyl (C=O) groups excluding carboxylic acids is 1.